The molecule has 0 spiro atoms. The van der Waals surface area contributed by atoms with Gasteiger partial charge in [-0.25, -0.2) is 0 Å². The summed E-state index contributed by atoms with van der Waals surface area (Å²) in [6, 6.07) is 6.83. The first-order chi connectivity index (χ1) is 11.4. The first kappa shape index (κ1) is 17.7. The Labute approximate surface area is 142 Å². The lowest BCUT2D eigenvalue weighted by molar-refractivity contribution is -0.138. The summed E-state index contributed by atoms with van der Waals surface area (Å²) in [5.41, 5.74) is 1.31. The Kier molecular flexibility index (Phi) is 5.69. The Morgan fingerprint density at radius 1 is 1.33 bits per heavy atom. The number of nitrogens with one attached hydrogen (secondary N) is 1. The molecule has 0 aromatic heterocycles. The highest BCUT2D eigenvalue weighted by atomic mass is 32.2. The molecule has 1 aliphatic rings. The molecule has 1 aromatic carbocycles. The van der Waals surface area contributed by atoms with Gasteiger partial charge in [0.05, 0.1) is 12.6 Å². The van der Waals surface area contributed by atoms with Gasteiger partial charge in [0.1, 0.15) is 5.25 Å². The topological polar surface area (TPSA) is 111 Å². The maximum atomic E-state index is 11.8. The van der Waals surface area contributed by atoms with E-state index in [1.54, 1.807) is 38.4 Å². The molecule has 126 valence electrons. The number of benzene rings is 1. The van der Waals surface area contributed by atoms with Crippen LogP contribution in [0.3, 0.4) is 0 Å². The van der Waals surface area contributed by atoms with Crippen molar-refractivity contribution < 1.29 is 19.5 Å². The Hall–Kier alpha value is -2.68. The fraction of sp³-hybridized carbons (Fsp3) is 0.267. The molecule has 0 bridgehead atoms. The summed E-state index contributed by atoms with van der Waals surface area (Å²) in [6.07, 6.45) is 1.22. The van der Waals surface area contributed by atoms with E-state index < -0.39 is 11.2 Å². The zero-order chi connectivity index (χ0) is 17.7. The van der Waals surface area contributed by atoms with Gasteiger partial charge in [-0.2, -0.15) is 5.10 Å². The van der Waals surface area contributed by atoms with Crippen molar-refractivity contribution in [3.05, 3.63) is 35.4 Å². The minimum atomic E-state index is -1.04. The molecule has 0 radical (unpaired) electrons. The van der Waals surface area contributed by atoms with E-state index in [-0.39, 0.29) is 23.4 Å². The number of carboxylic acids is 1. The lowest BCUT2D eigenvalue weighted by Gasteiger charge is -2.09. The van der Waals surface area contributed by atoms with Crippen LogP contribution in [0.4, 0.5) is 0 Å². The number of rotatable bonds is 5. The number of carbonyl (C=O) groups is 3. The molecule has 0 aliphatic carbocycles. The van der Waals surface area contributed by atoms with Gasteiger partial charge in [0, 0.05) is 19.7 Å². The number of carbonyl (C=O) groups excluding carboxylic acids is 2. The second-order valence-electron chi connectivity index (χ2n) is 5.16. The van der Waals surface area contributed by atoms with E-state index in [0.29, 0.717) is 5.56 Å². The molecule has 8 nitrogen and oxygen atoms in total. The molecule has 9 heteroatoms. The van der Waals surface area contributed by atoms with Crippen molar-refractivity contribution in [3.63, 3.8) is 0 Å². The number of hydrogen-bond donors (Lipinski definition) is 2. The summed E-state index contributed by atoms with van der Waals surface area (Å²) in [5.74, 6) is -1.52. The van der Waals surface area contributed by atoms with E-state index in [4.69, 9.17) is 5.11 Å². The lowest BCUT2D eigenvalue weighted by Crippen LogP contribution is -2.26. The van der Waals surface area contributed by atoms with Crippen molar-refractivity contribution in [2.45, 2.75) is 11.7 Å². The van der Waals surface area contributed by atoms with Crippen molar-refractivity contribution in [1.82, 2.24) is 10.2 Å². The third-order valence-electron chi connectivity index (χ3n) is 3.06. The van der Waals surface area contributed by atoms with Gasteiger partial charge in [-0.3, -0.25) is 14.4 Å². The minimum absolute atomic E-state index is 0.0896. The van der Waals surface area contributed by atoms with Gasteiger partial charge in [-0.05, 0) is 17.7 Å². The summed E-state index contributed by atoms with van der Waals surface area (Å²) >= 11 is 1.04. The molecule has 1 saturated heterocycles. The van der Waals surface area contributed by atoms with Gasteiger partial charge in [0.15, 0.2) is 5.17 Å². The number of hydrogen-bond acceptors (Lipinski definition) is 6. The summed E-state index contributed by atoms with van der Waals surface area (Å²) in [6.45, 7) is 0. The summed E-state index contributed by atoms with van der Waals surface area (Å²) in [4.78, 5) is 35.4. The predicted octanol–water partition coefficient (Wildman–Crippen LogP) is 0.785. The van der Waals surface area contributed by atoms with Crippen molar-refractivity contribution in [3.8, 4) is 0 Å². The van der Waals surface area contributed by atoms with E-state index in [2.05, 4.69) is 15.5 Å². The Morgan fingerprint density at radius 3 is 2.58 bits per heavy atom. The van der Waals surface area contributed by atoms with Gasteiger partial charge >= 0.3 is 5.97 Å². The van der Waals surface area contributed by atoms with E-state index in [9.17, 15) is 14.4 Å². The van der Waals surface area contributed by atoms with Crippen LogP contribution < -0.4 is 5.32 Å². The second kappa shape index (κ2) is 7.73. The fourth-order valence-corrected chi connectivity index (χ4v) is 2.78. The summed E-state index contributed by atoms with van der Waals surface area (Å²) in [7, 11) is 3.36. The number of nitrogens with zero attached hydrogens (tertiary/aromatic N) is 3. The monoisotopic (exact) mass is 348 g/mol. The molecule has 2 amide bonds. The number of carboxylic acid groups (broad SMARTS) is 1. The maximum Gasteiger partial charge on any atom is 0.305 e. The van der Waals surface area contributed by atoms with E-state index in [1.165, 1.54) is 11.1 Å². The molecule has 1 aromatic rings. The molecular weight excluding hydrogens is 332 g/mol. The highest BCUT2D eigenvalue weighted by Gasteiger charge is 2.32. The fourth-order valence-electron chi connectivity index (χ4n) is 1.86. The van der Waals surface area contributed by atoms with Crippen LogP contribution in [0.5, 0.6) is 0 Å². The molecule has 1 atom stereocenters. The van der Waals surface area contributed by atoms with Gasteiger partial charge < -0.3 is 15.3 Å². The standard InChI is InChI=1S/C15H16N4O4S/c1-19(2)14(23)10-5-3-9(4-6-10)8-16-18-15-17-13(22)11(24-15)7-12(20)21/h3-6,8,11H,7H2,1-2H3,(H,20,21)(H,17,18,22). The highest BCUT2D eigenvalue weighted by molar-refractivity contribution is 8.15. The summed E-state index contributed by atoms with van der Waals surface area (Å²) in [5, 5.41) is 18.5. The first-order valence-corrected chi connectivity index (χ1v) is 7.87. The number of aliphatic carboxylic acids is 1. The second-order valence-corrected chi connectivity index (χ2v) is 6.36. The molecule has 2 rings (SSSR count). The van der Waals surface area contributed by atoms with Crippen LogP contribution in [-0.2, 0) is 9.59 Å². The van der Waals surface area contributed by atoms with Gasteiger partial charge in [0.25, 0.3) is 5.91 Å². The quantitative estimate of drug-likeness (QED) is 0.603. The Bertz CT molecular complexity index is 713. The van der Waals surface area contributed by atoms with Crippen LogP contribution in [0.2, 0.25) is 0 Å². The van der Waals surface area contributed by atoms with E-state index >= 15 is 0 Å². The molecule has 1 unspecified atom stereocenters. The van der Waals surface area contributed by atoms with E-state index in [1.807, 2.05) is 0 Å². The molecule has 24 heavy (non-hydrogen) atoms. The van der Waals surface area contributed by atoms with Crippen LogP contribution >= 0.6 is 11.8 Å². The van der Waals surface area contributed by atoms with Gasteiger partial charge in [-0.1, -0.05) is 23.9 Å². The van der Waals surface area contributed by atoms with Crippen molar-refractivity contribution in [2.75, 3.05) is 14.1 Å². The number of amidine groups is 1. The third-order valence-corrected chi connectivity index (χ3v) is 4.13. The smallest absolute Gasteiger partial charge is 0.305 e. The maximum absolute atomic E-state index is 11.8. The third kappa shape index (κ3) is 4.66. The molecule has 1 aliphatic heterocycles. The zero-order valence-corrected chi connectivity index (χ0v) is 13.9. The SMILES string of the molecule is CN(C)C(=O)c1ccc(C=NN=C2NC(=O)C(CC(=O)O)S2)cc1. The number of thioether (sulfide) groups is 1. The van der Waals surface area contributed by atoms with E-state index in [0.717, 1.165) is 17.3 Å². The van der Waals surface area contributed by atoms with Crippen molar-refractivity contribution >= 4 is 40.9 Å². The number of amides is 2. The van der Waals surface area contributed by atoms with Crippen molar-refractivity contribution in [2.24, 2.45) is 10.2 Å². The minimum Gasteiger partial charge on any atom is -0.481 e. The molecular formula is C15H16N4O4S. The van der Waals surface area contributed by atoms with Crippen LogP contribution in [-0.4, -0.2) is 58.5 Å². The largest absolute Gasteiger partial charge is 0.481 e. The van der Waals surface area contributed by atoms with Crippen LogP contribution in [0.15, 0.2) is 34.5 Å². The highest BCUT2D eigenvalue weighted by Crippen LogP contribution is 2.22. The predicted molar refractivity (Wildman–Crippen MR) is 91.3 cm³/mol. The van der Waals surface area contributed by atoms with Gasteiger partial charge in [0.2, 0.25) is 5.91 Å². The molecule has 1 heterocycles. The molecule has 0 saturated carbocycles. The average molecular weight is 348 g/mol. The lowest BCUT2D eigenvalue weighted by atomic mass is 10.1. The zero-order valence-electron chi connectivity index (χ0n) is 13.1. The van der Waals surface area contributed by atoms with Crippen molar-refractivity contribution in [1.29, 1.82) is 0 Å². The van der Waals surface area contributed by atoms with Crippen LogP contribution in [0.1, 0.15) is 22.3 Å². The average Bonchev–Trinajstić information content (AvgIpc) is 2.86. The Morgan fingerprint density at radius 2 is 2.00 bits per heavy atom. The molecule has 2 N–H and O–H groups in total. The van der Waals surface area contributed by atoms with Gasteiger partial charge in [-0.15, -0.1) is 5.10 Å². The summed E-state index contributed by atoms with van der Waals surface area (Å²) < 4.78 is 0. The Balaban J connectivity index is 1.98. The first-order valence-electron chi connectivity index (χ1n) is 6.99. The van der Waals surface area contributed by atoms with Crippen LogP contribution in [0, 0.1) is 0 Å². The normalized spacial score (nSPS) is 18.8. The molecule has 1 fully saturated rings. The van der Waals surface area contributed by atoms with Crippen LogP contribution in [0.25, 0.3) is 0 Å².